The van der Waals surface area contributed by atoms with Gasteiger partial charge in [0, 0.05) is 24.9 Å². The fourth-order valence-electron chi connectivity index (χ4n) is 1.22. The molecular formula is C11H15N3O2S. The first kappa shape index (κ1) is 13.4. The van der Waals surface area contributed by atoms with Gasteiger partial charge in [-0.2, -0.15) is 0 Å². The molecule has 0 heterocycles. The summed E-state index contributed by atoms with van der Waals surface area (Å²) in [5.41, 5.74) is 6.66. The fraction of sp³-hybridized carbons (Fsp3) is 0.273. The molecule has 0 saturated heterocycles. The van der Waals surface area contributed by atoms with Gasteiger partial charge in [0.1, 0.15) is 0 Å². The van der Waals surface area contributed by atoms with Gasteiger partial charge in [0.15, 0.2) is 5.11 Å². The number of carbonyl (C=O) groups is 1. The molecular weight excluding hydrogens is 238 g/mol. The number of nitrogens with one attached hydrogen (secondary N) is 2. The zero-order valence-corrected chi connectivity index (χ0v) is 10.3. The Morgan fingerprint density at radius 2 is 2.06 bits per heavy atom. The monoisotopic (exact) mass is 253 g/mol. The summed E-state index contributed by atoms with van der Waals surface area (Å²) in [5, 5.41) is 5.70. The van der Waals surface area contributed by atoms with Crippen molar-refractivity contribution in [3.63, 3.8) is 0 Å². The lowest BCUT2D eigenvalue weighted by atomic mass is 10.2. The predicted octanol–water partition coefficient (Wildman–Crippen LogP) is 0.718. The van der Waals surface area contributed by atoms with Crippen LogP contribution in [0.1, 0.15) is 10.4 Å². The highest BCUT2D eigenvalue weighted by molar-refractivity contribution is 7.80. The molecule has 1 amide bonds. The molecule has 1 rings (SSSR count). The third-order valence-electron chi connectivity index (χ3n) is 2.01. The number of amides is 1. The van der Waals surface area contributed by atoms with Crippen molar-refractivity contribution in [3.05, 3.63) is 29.8 Å². The predicted molar refractivity (Wildman–Crippen MR) is 71.1 cm³/mol. The van der Waals surface area contributed by atoms with E-state index in [4.69, 9.17) is 22.7 Å². The van der Waals surface area contributed by atoms with Crippen LogP contribution in [0.15, 0.2) is 24.3 Å². The average Bonchev–Trinajstić information content (AvgIpc) is 2.29. The summed E-state index contributed by atoms with van der Waals surface area (Å²) in [7, 11) is 1.59. The van der Waals surface area contributed by atoms with Gasteiger partial charge in [0.25, 0.3) is 5.91 Å². The van der Waals surface area contributed by atoms with E-state index in [2.05, 4.69) is 10.6 Å². The maximum absolute atomic E-state index is 11.6. The number of nitrogens with two attached hydrogens (primary N) is 1. The molecule has 1 aromatic rings. The van der Waals surface area contributed by atoms with Gasteiger partial charge in [-0.3, -0.25) is 4.79 Å². The quantitative estimate of drug-likeness (QED) is 0.532. The highest BCUT2D eigenvalue weighted by Gasteiger charge is 2.04. The van der Waals surface area contributed by atoms with Crippen molar-refractivity contribution in [1.82, 2.24) is 5.32 Å². The Balaban J connectivity index is 2.54. The molecule has 0 saturated carbocycles. The summed E-state index contributed by atoms with van der Waals surface area (Å²) in [5.74, 6) is -0.135. The number of anilines is 1. The second kappa shape index (κ2) is 6.82. The number of methoxy groups -OCH3 is 1. The van der Waals surface area contributed by atoms with Crippen molar-refractivity contribution >= 4 is 28.9 Å². The van der Waals surface area contributed by atoms with E-state index in [1.807, 2.05) is 0 Å². The van der Waals surface area contributed by atoms with Gasteiger partial charge in [-0.1, -0.05) is 0 Å². The second-order valence-electron chi connectivity index (χ2n) is 3.32. The zero-order valence-electron chi connectivity index (χ0n) is 9.53. The Bertz CT molecular complexity index is 392. The van der Waals surface area contributed by atoms with E-state index in [1.54, 1.807) is 31.4 Å². The number of hydrogen-bond acceptors (Lipinski definition) is 3. The molecule has 0 spiro atoms. The molecule has 92 valence electrons. The van der Waals surface area contributed by atoms with Gasteiger partial charge in [0.2, 0.25) is 0 Å². The first-order chi connectivity index (χ1) is 8.13. The standard InChI is InChI=1S/C11H15N3O2S/c1-16-7-6-13-10(15)8-2-4-9(5-3-8)14-11(12)17/h2-5H,6-7H2,1H3,(H,13,15)(H3,12,14,17). The Labute approximate surface area is 105 Å². The molecule has 4 N–H and O–H groups in total. The van der Waals surface area contributed by atoms with Crippen LogP contribution in [-0.4, -0.2) is 31.3 Å². The maximum atomic E-state index is 11.6. The van der Waals surface area contributed by atoms with Gasteiger partial charge >= 0.3 is 0 Å². The lowest BCUT2D eigenvalue weighted by Gasteiger charge is -2.06. The number of carbonyl (C=O) groups excluding carboxylic acids is 1. The van der Waals surface area contributed by atoms with Crippen LogP contribution in [0.2, 0.25) is 0 Å². The minimum atomic E-state index is -0.135. The van der Waals surface area contributed by atoms with Gasteiger partial charge < -0.3 is 21.1 Å². The molecule has 5 nitrogen and oxygen atoms in total. The van der Waals surface area contributed by atoms with Crippen LogP contribution in [0, 0.1) is 0 Å². The smallest absolute Gasteiger partial charge is 0.251 e. The van der Waals surface area contributed by atoms with Crippen LogP contribution in [-0.2, 0) is 4.74 Å². The van der Waals surface area contributed by atoms with Gasteiger partial charge in [-0.05, 0) is 36.5 Å². The minimum Gasteiger partial charge on any atom is -0.383 e. The number of hydrogen-bond donors (Lipinski definition) is 3. The average molecular weight is 253 g/mol. The maximum Gasteiger partial charge on any atom is 0.251 e. The largest absolute Gasteiger partial charge is 0.383 e. The van der Waals surface area contributed by atoms with Crippen LogP contribution in [0.25, 0.3) is 0 Å². The zero-order chi connectivity index (χ0) is 12.7. The minimum absolute atomic E-state index is 0.135. The molecule has 0 bridgehead atoms. The number of rotatable bonds is 5. The van der Waals surface area contributed by atoms with Gasteiger partial charge in [0.05, 0.1) is 6.61 Å². The molecule has 0 atom stereocenters. The Kier molecular flexibility index (Phi) is 5.38. The third-order valence-corrected chi connectivity index (χ3v) is 2.11. The highest BCUT2D eigenvalue weighted by Crippen LogP contribution is 2.09. The summed E-state index contributed by atoms with van der Waals surface area (Å²) in [6.07, 6.45) is 0. The van der Waals surface area contributed by atoms with E-state index in [0.29, 0.717) is 18.7 Å². The first-order valence-electron chi connectivity index (χ1n) is 5.07. The molecule has 0 aromatic heterocycles. The Morgan fingerprint density at radius 3 is 2.59 bits per heavy atom. The van der Waals surface area contributed by atoms with E-state index in [-0.39, 0.29) is 11.0 Å². The molecule has 0 unspecified atom stereocenters. The summed E-state index contributed by atoms with van der Waals surface area (Å²) < 4.78 is 4.84. The van der Waals surface area contributed by atoms with Crippen molar-refractivity contribution in [3.8, 4) is 0 Å². The molecule has 17 heavy (non-hydrogen) atoms. The van der Waals surface area contributed by atoms with Crippen LogP contribution in [0.5, 0.6) is 0 Å². The summed E-state index contributed by atoms with van der Waals surface area (Å²) in [6.45, 7) is 0.981. The molecule has 0 aliphatic carbocycles. The normalized spacial score (nSPS) is 9.71. The van der Waals surface area contributed by atoms with Crippen molar-refractivity contribution in [2.75, 3.05) is 25.6 Å². The van der Waals surface area contributed by atoms with E-state index in [0.717, 1.165) is 5.69 Å². The van der Waals surface area contributed by atoms with Crippen molar-refractivity contribution < 1.29 is 9.53 Å². The SMILES string of the molecule is COCCNC(=O)c1ccc(NC(N)=S)cc1. The summed E-state index contributed by atoms with van der Waals surface area (Å²) >= 11 is 4.71. The van der Waals surface area contributed by atoms with E-state index in [1.165, 1.54) is 0 Å². The second-order valence-corrected chi connectivity index (χ2v) is 3.76. The topological polar surface area (TPSA) is 76.4 Å². The molecule has 0 aliphatic heterocycles. The highest BCUT2D eigenvalue weighted by atomic mass is 32.1. The molecule has 6 heteroatoms. The van der Waals surface area contributed by atoms with Crippen LogP contribution in [0.4, 0.5) is 5.69 Å². The van der Waals surface area contributed by atoms with E-state index >= 15 is 0 Å². The molecule has 0 fully saturated rings. The molecule has 0 radical (unpaired) electrons. The number of benzene rings is 1. The van der Waals surface area contributed by atoms with E-state index in [9.17, 15) is 4.79 Å². The number of ether oxygens (including phenoxy) is 1. The van der Waals surface area contributed by atoms with Crippen molar-refractivity contribution in [2.24, 2.45) is 5.73 Å². The van der Waals surface area contributed by atoms with Crippen molar-refractivity contribution in [2.45, 2.75) is 0 Å². The molecule has 1 aromatic carbocycles. The lowest BCUT2D eigenvalue weighted by molar-refractivity contribution is 0.0937. The van der Waals surface area contributed by atoms with Crippen LogP contribution >= 0.6 is 12.2 Å². The van der Waals surface area contributed by atoms with Crippen LogP contribution < -0.4 is 16.4 Å². The summed E-state index contributed by atoms with van der Waals surface area (Å²) in [4.78, 5) is 11.6. The summed E-state index contributed by atoms with van der Waals surface area (Å²) in [6, 6.07) is 6.88. The Hall–Kier alpha value is -1.66. The third kappa shape index (κ3) is 4.80. The lowest BCUT2D eigenvalue weighted by Crippen LogP contribution is -2.26. The van der Waals surface area contributed by atoms with Crippen LogP contribution in [0.3, 0.4) is 0 Å². The molecule has 0 aliphatic rings. The number of thiocarbonyl (C=S) groups is 1. The van der Waals surface area contributed by atoms with Gasteiger partial charge in [-0.25, -0.2) is 0 Å². The van der Waals surface area contributed by atoms with Gasteiger partial charge in [-0.15, -0.1) is 0 Å². The first-order valence-corrected chi connectivity index (χ1v) is 5.48. The van der Waals surface area contributed by atoms with Crippen molar-refractivity contribution in [1.29, 1.82) is 0 Å². The van der Waals surface area contributed by atoms with E-state index < -0.39 is 0 Å². The Morgan fingerprint density at radius 1 is 1.41 bits per heavy atom. The fourth-order valence-corrected chi connectivity index (χ4v) is 1.33.